The van der Waals surface area contributed by atoms with E-state index in [-0.39, 0.29) is 12.1 Å². The number of hydrogen-bond donors (Lipinski definition) is 2. The maximum absolute atomic E-state index is 11.7. The van der Waals surface area contributed by atoms with Crippen LogP contribution in [0.2, 0.25) is 0 Å². The molecule has 4 heteroatoms. The number of rotatable bonds is 4. The summed E-state index contributed by atoms with van der Waals surface area (Å²) in [5, 5.41) is 12.9. The van der Waals surface area contributed by atoms with Gasteiger partial charge in [-0.15, -0.1) is 0 Å². The van der Waals surface area contributed by atoms with Crippen LogP contribution >= 0.6 is 0 Å². The first kappa shape index (κ1) is 15.1. The second-order valence-electron chi connectivity index (χ2n) is 6.38. The van der Waals surface area contributed by atoms with Gasteiger partial charge in [-0.2, -0.15) is 0 Å². The molecule has 2 atom stereocenters. The lowest BCUT2D eigenvalue weighted by Gasteiger charge is -2.33. The van der Waals surface area contributed by atoms with Gasteiger partial charge in [-0.1, -0.05) is 42.0 Å². The maximum atomic E-state index is 11.7. The van der Waals surface area contributed by atoms with E-state index < -0.39 is 6.09 Å². The number of amides is 1. The largest absolute Gasteiger partial charge is 0.465 e. The number of piperidine rings is 1. The molecule has 1 aromatic rings. The monoisotopic (exact) mass is 300 g/mol. The molecule has 3 rings (SSSR count). The van der Waals surface area contributed by atoms with Crippen LogP contribution in [0.15, 0.2) is 35.9 Å². The highest BCUT2D eigenvalue weighted by Gasteiger charge is 2.47. The van der Waals surface area contributed by atoms with Crippen molar-refractivity contribution >= 4 is 12.2 Å². The van der Waals surface area contributed by atoms with Gasteiger partial charge >= 0.3 is 6.09 Å². The molecule has 2 fully saturated rings. The second kappa shape index (κ2) is 6.53. The highest BCUT2D eigenvalue weighted by molar-refractivity contribution is 5.67. The minimum atomic E-state index is -0.757. The van der Waals surface area contributed by atoms with E-state index in [1.807, 2.05) is 18.2 Å². The van der Waals surface area contributed by atoms with Gasteiger partial charge in [-0.05, 0) is 44.8 Å². The van der Waals surface area contributed by atoms with E-state index in [2.05, 4.69) is 30.4 Å². The van der Waals surface area contributed by atoms with Crippen molar-refractivity contribution in [3.63, 3.8) is 0 Å². The highest BCUT2D eigenvalue weighted by atomic mass is 16.4. The summed E-state index contributed by atoms with van der Waals surface area (Å²) in [7, 11) is 0. The third kappa shape index (κ3) is 3.33. The fourth-order valence-corrected chi connectivity index (χ4v) is 3.55. The lowest BCUT2D eigenvalue weighted by atomic mass is 10.0. The minimum absolute atomic E-state index is 0.167. The van der Waals surface area contributed by atoms with Crippen molar-refractivity contribution in [3.05, 3.63) is 41.5 Å². The molecule has 1 aliphatic carbocycles. The zero-order valence-electron chi connectivity index (χ0n) is 13.0. The quantitative estimate of drug-likeness (QED) is 0.897. The molecule has 4 nitrogen and oxygen atoms in total. The third-order valence-corrected chi connectivity index (χ3v) is 4.82. The van der Waals surface area contributed by atoms with Crippen LogP contribution in [0.25, 0.3) is 6.08 Å². The zero-order chi connectivity index (χ0) is 15.5. The molecule has 1 aromatic carbocycles. The number of carboxylic acid groups (broad SMARTS) is 1. The Balaban J connectivity index is 1.68. The Labute approximate surface area is 131 Å². The number of nitrogens with zero attached hydrogens (tertiary/aromatic N) is 1. The standard InChI is InChI=1S/C18H24N2O2/c1-13(11-14-5-3-2-4-6-14)16-12-17(16)20(18(21)22)15-7-9-19-10-8-15/h2-6,11,15-17,19H,7-10,12H2,1H3,(H,21,22)/t16-,17+/m0/s1. The SMILES string of the molecule is CC(=Cc1ccccc1)[C@@H]1C[C@H]1N(C(=O)O)C1CCNCC1. The van der Waals surface area contributed by atoms with Crippen molar-refractivity contribution in [2.75, 3.05) is 13.1 Å². The summed E-state index contributed by atoms with van der Waals surface area (Å²) in [4.78, 5) is 13.4. The molecule has 0 unspecified atom stereocenters. The molecule has 2 aliphatic rings. The first-order valence-electron chi connectivity index (χ1n) is 8.12. The van der Waals surface area contributed by atoms with E-state index in [1.165, 1.54) is 11.1 Å². The topological polar surface area (TPSA) is 52.6 Å². The van der Waals surface area contributed by atoms with Crippen LogP contribution in [-0.2, 0) is 0 Å². The number of nitrogens with one attached hydrogen (secondary N) is 1. The van der Waals surface area contributed by atoms with Gasteiger partial charge in [0.2, 0.25) is 0 Å². The molecule has 0 aromatic heterocycles. The minimum Gasteiger partial charge on any atom is -0.465 e. The van der Waals surface area contributed by atoms with Gasteiger partial charge in [0.15, 0.2) is 0 Å². The molecule has 0 spiro atoms. The molecular weight excluding hydrogens is 276 g/mol. The van der Waals surface area contributed by atoms with Crippen molar-refractivity contribution in [3.8, 4) is 0 Å². The molecule has 118 valence electrons. The zero-order valence-corrected chi connectivity index (χ0v) is 13.0. The fourth-order valence-electron chi connectivity index (χ4n) is 3.55. The van der Waals surface area contributed by atoms with Gasteiger partial charge in [0, 0.05) is 18.0 Å². The van der Waals surface area contributed by atoms with Gasteiger partial charge in [0.1, 0.15) is 0 Å². The summed E-state index contributed by atoms with van der Waals surface area (Å²) in [5.41, 5.74) is 2.48. The lowest BCUT2D eigenvalue weighted by Crippen LogP contribution is -2.47. The third-order valence-electron chi connectivity index (χ3n) is 4.82. The van der Waals surface area contributed by atoms with Crippen LogP contribution in [-0.4, -0.2) is 41.3 Å². The van der Waals surface area contributed by atoms with Crippen LogP contribution in [0.1, 0.15) is 31.7 Å². The van der Waals surface area contributed by atoms with Crippen molar-refractivity contribution in [2.24, 2.45) is 5.92 Å². The molecule has 1 amide bonds. The Morgan fingerprint density at radius 3 is 2.59 bits per heavy atom. The van der Waals surface area contributed by atoms with E-state index >= 15 is 0 Å². The summed E-state index contributed by atoms with van der Waals surface area (Å²) in [6, 6.07) is 10.6. The van der Waals surface area contributed by atoms with Crippen LogP contribution in [0, 0.1) is 5.92 Å². The van der Waals surface area contributed by atoms with Crippen LogP contribution in [0.5, 0.6) is 0 Å². The summed E-state index contributed by atoms with van der Waals surface area (Å²) in [6.07, 6.45) is 4.25. The molecule has 1 aliphatic heterocycles. The summed E-state index contributed by atoms with van der Waals surface area (Å²) in [6.45, 7) is 3.97. The van der Waals surface area contributed by atoms with Crippen LogP contribution in [0.3, 0.4) is 0 Å². The van der Waals surface area contributed by atoms with Gasteiger partial charge < -0.3 is 15.3 Å². The Hall–Kier alpha value is -1.81. The summed E-state index contributed by atoms with van der Waals surface area (Å²) in [5.74, 6) is 0.381. The average molecular weight is 300 g/mol. The normalized spacial score (nSPS) is 25.8. The molecular formula is C18H24N2O2. The number of carbonyl (C=O) groups is 1. The van der Waals surface area contributed by atoms with E-state index in [0.717, 1.165) is 32.4 Å². The van der Waals surface area contributed by atoms with E-state index in [4.69, 9.17) is 0 Å². The van der Waals surface area contributed by atoms with Crippen molar-refractivity contribution < 1.29 is 9.90 Å². The average Bonchev–Trinajstić information content (AvgIpc) is 3.29. The smallest absolute Gasteiger partial charge is 0.407 e. The second-order valence-corrected chi connectivity index (χ2v) is 6.38. The van der Waals surface area contributed by atoms with Crippen molar-refractivity contribution in [2.45, 2.75) is 38.3 Å². The highest BCUT2D eigenvalue weighted by Crippen LogP contribution is 2.43. The van der Waals surface area contributed by atoms with Crippen molar-refractivity contribution in [1.82, 2.24) is 10.2 Å². The predicted molar refractivity (Wildman–Crippen MR) is 87.7 cm³/mol. The lowest BCUT2D eigenvalue weighted by molar-refractivity contribution is 0.107. The molecule has 0 bridgehead atoms. The Morgan fingerprint density at radius 2 is 1.95 bits per heavy atom. The predicted octanol–water partition coefficient (Wildman–Crippen LogP) is 3.21. The van der Waals surface area contributed by atoms with Crippen LogP contribution in [0.4, 0.5) is 4.79 Å². The van der Waals surface area contributed by atoms with Gasteiger partial charge in [-0.3, -0.25) is 0 Å². The molecule has 2 N–H and O–H groups in total. The van der Waals surface area contributed by atoms with E-state index in [0.29, 0.717) is 5.92 Å². The summed E-state index contributed by atoms with van der Waals surface area (Å²) < 4.78 is 0. The Bertz CT molecular complexity index is 549. The van der Waals surface area contributed by atoms with Gasteiger partial charge in [0.05, 0.1) is 0 Å². The van der Waals surface area contributed by atoms with E-state index in [9.17, 15) is 9.90 Å². The van der Waals surface area contributed by atoms with Crippen LogP contribution < -0.4 is 5.32 Å². The van der Waals surface area contributed by atoms with Crippen molar-refractivity contribution in [1.29, 1.82) is 0 Å². The first-order valence-corrected chi connectivity index (χ1v) is 8.12. The van der Waals surface area contributed by atoms with Gasteiger partial charge in [-0.25, -0.2) is 4.79 Å². The Morgan fingerprint density at radius 1 is 1.27 bits per heavy atom. The fraction of sp³-hybridized carbons (Fsp3) is 0.500. The molecule has 1 heterocycles. The molecule has 0 radical (unpaired) electrons. The van der Waals surface area contributed by atoms with Gasteiger partial charge in [0.25, 0.3) is 0 Å². The molecule has 1 saturated carbocycles. The Kier molecular flexibility index (Phi) is 4.48. The molecule has 1 saturated heterocycles. The van der Waals surface area contributed by atoms with E-state index in [1.54, 1.807) is 4.90 Å². The number of benzene rings is 1. The summed E-state index contributed by atoms with van der Waals surface area (Å²) >= 11 is 0. The number of hydrogen-bond acceptors (Lipinski definition) is 2. The first-order chi connectivity index (χ1) is 10.7. The maximum Gasteiger partial charge on any atom is 0.407 e. The molecule has 22 heavy (non-hydrogen) atoms.